The van der Waals surface area contributed by atoms with E-state index in [1.54, 1.807) is 0 Å². The average molecular weight is 357 g/mol. The fraction of sp³-hybridized carbons (Fsp3) is 0.526. The first kappa shape index (κ1) is 18.4. The minimum Gasteiger partial charge on any atom is -0.393 e. The van der Waals surface area contributed by atoms with Crippen molar-refractivity contribution in [3.8, 4) is 0 Å². The third-order valence-corrected chi connectivity index (χ3v) is 5.11. The minimum absolute atomic E-state index is 0.00971. The predicted octanol–water partition coefficient (Wildman–Crippen LogP) is 1.39. The van der Waals surface area contributed by atoms with E-state index in [2.05, 4.69) is 20.5 Å². The lowest BCUT2D eigenvalue weighted by Gasteiger charge is -2.15. The van der Waals surface area contributed by atoms with Crippen molar-refractivity contribution in [2.24, 2.45) is 5.92 Å². The molecule has 3 rings (SSSR count). The molecule has 1 heterocycles. The first-order valence-corrected chi connectivity index (χ1v) is 9.03. The number of aliphatic hydroxyl groups is 1. The topological polar surface area (TPSA) is 94.1 Å². The van der Waals surface area contributed by atoms with Crippen molar-refractivity contribution in [2.45, 2.75) is 38.2 Å². The highest BCUT2D eigenvalue weighted by molar-refractivity contribution is 5.78. The summed E-state index contributed by atoms with van der Waals surface area (Å²) in [5.74, 6) is 1.62. The maximum Gasteiger partial charge on any atom is 0.244 e. The molecule has 2 aromatic rings. The number of nitrogens with zero attached hydrogens (tertiary/aromatic N) is 3. The summed E-state index contributed by atoms with van der Waals surface area (Å²) in [7, 11) is 3.78. The molecule has 1 aromatic carbocycles. The van der Waals surface area contributed by atoms with Gasteiger partial charge in [-0.25, -0.2) is 0 Å². The number of hydrogen-bond acceptors (Lipinski definition) is 5. The second-order valence-electron chi connectivity index (χ2n) is 7.32. The molecule has 1 fully saturated rings. The second-order valence-corrected chi connectivity index (χ2v) is 7.32. The first-order valence-electron chi connectivity index (χ1n) is 9.03. The Kier molecular flexibility index (Phi) is 5.56. The van der Waals surface area contributed by atoms with Gasteiger partial charge in [0.1, 0.15) is 5.82 Å². The number of carbonyl (C=O) groups excluding carboxylic acids is 1. The maximum absolute atomic E-state index is 12.2. The molecule has 3 atom stereocenters. The third-order valence-electron chi connectivity index (χ3n) is 5.11. The molecule has 26 heavy (non-hydrogen) atoms. The van der Waals surface area contributed by atoms with Gasteiger partial charge in [-0.2, -0.15) is 4.98 Å². The van der Waals surface area contributed by atoms with Crippen molar-refractivity contribution in [2.75, 3.05) is 25.5 Å². The Bertz CT molecular complexity index is 758. The van der Waals surface area contributed by atoms with E-state index in [1.165, 1.54) is 0 Å². The molecule has 1 saturated carbocycles. The molecular weight excluding hydrogens is 330 g/mol. The van der Waals surface area contributed by atoms with Crippen LogP contribution >= 0.6 is 0 Å². The molecule has 0 unspecified atom stereocenters. The van der Waals surface area contributed by atoms with E-state index in [9.17, 15) is 9.90 Å². The number of carbonyl (C=O) groups is 1. The highest BCUT2D eigenvalue weighted by atomic mass is 16.3. The number of amides is 1. The van der Waals surface area contributed by atoms with Gasteiger partial charge in [-0.15, -0.1) is 5.10 Å². The molecule has 3 N–H and O–H groups in total. The Morgan fingerprint density at radius 3 is 2.81 bits per heavy atom. The molecular formula is C19H27N5O2. The van der Waals surface area contributed by atoms with Crippen molar-refractivity contribution in [1.82, 2.24) is 20.5 Å². The van der Waals surface area contributed by atoms with Gasteiger partial charge in [0.05, 0.1) is 12.5 Å². The molecule has 1 aliphatic carbocycles. The second kappa shape index (κ2) is 7.86. The van der Waals surface area contributed by atoms with Crippen LogP contribution in [-0.2, 0) is 11.2 Å². The lowest BCUT2D eigenvalue weighted by Crippen LogP contribution is -2.33. The van der Waals surface area contributed by atoms with E-state index in [4.69, 9.17) is 0 Å². The Balaban J connectivity index is 1.52. The summed E-state index contributed by atoms with van der Waals surface area (Å²) in [4.78, 5) is 18.6. The molecule has 1 aliphatic rings. The molecule has 1 aromatic heterocycles. The lowest BCUT2D eigenvalue weighted by atomic mass is 10.0. The van der Waals surface area contributed by atoms with E-state index < -0.39 is 6.10 Å². The first-order chi connectivity index (χ1) is 12.4. The van der Waals surface area contributed by atoms with E-state index in [0.717, 1.165) is 23.4 Å². The zero-order chi connectivity index (χ0) is 18.7. The lowest BCUT2D eigenvalue weighted by molar-refractivity contribution is -0.120. The van der Waals surface area contributed by atoms with Crippen LogP contribution in [0.4, 0.5) is 5.95 Å². The predicted molar refractivity (Wildman–Crippen MR) is 100 cm³/mol. The van der Waals surface area contributed by atoms with Crippen LogP contribution in [0.25, 0.3) is 0 Å². The van der Waals surface area contributed by atoms with Gasteiger partial charge in [-0.3, -0.25) is 9.89 Å². The highest BCUT2D eigenvalue weighted by Gasteiger charge is 2.35. The summed E-state index contributed by atoms with van der Waals surface area (Å²) < 4.78 is 0. The summed E-state index contributed by atoms with van der Waals surface area (Å²) in [5.41, 5.74) is 2.15. The molecule has 0 radical (unpaired) electrons. The third kappa shape index (κ3) is 4.22. The van der Waals surface area contributed by atoms with Crippen LogP contribution in [0.3, 0.4) is 0 Å². The average Bonchev–Trinajstić information content (AvgIpc) is 3.22. The minimum atomic E-state index is -0.438. The molecule has 0 aliphatic heterocycles. The van der Waals surface area contributed by atoms with Crippen molar-refractivity contribution >= 4 is 11.9 Å². The van der Waals surface area contributed by atoms with Crippen LogP contribution < -0.4 is 10.2 Å². The van der Waals surface area contributed by atoms with Crippen LogP contribution in [-0.4, -0.2) is 52.9 Å². The number of rotatable bonds is 6. The molecule has 140 valence electrons. The fourth-order valence-corrected chi connectivity index (χ4v) is 3.48. The maximum atomic E-state index is 12.2. The van der Waals surface area contributed by atoms with Crippen LogP contribution in [0.5, 0.6) is 0 Å². The summed E-state index contributed by atoms with van der Waals surface area (Å²) >= 11 is 0. The van der Waals surface area contributed by atoms with Crippen molar-refractivity contribution < 1.29 is 9.90 Å². The Morgan fingerprint density at radius 2 is 2.12 bits per heavy atom. The molecule has 0 bridgehead atoms. The van der Waals surface area contributed by atoms with Gasteiger partial charge in [-0.1, -0.05) is 24.3 Å². The smallest absolute Gasteiger partial charge is 0.244 e. The number of benzene rings is 1. The summed E-state index contributed by atoms with van der Waals surface area (Å²) in [5, 5.41) is 20.5. The van der Waals surface area contributed by atoms with Gasteiger partial charge < -0.3 is 15.3 Å². The van der Waals surface area contributed by atoms with E-state index in [0.29, 0.717) is 25.3 Å². The van der Waals surface area contributed by atoms with Crippen LogP contribution in [0, 0.1) is 12.8 Å². The number of aromatic amines is 1. The SMILES string of the molecule is Cc1ccccc1CC(=O)NC[C@H]1C[C@H](c2nc(N(C)C)n[nH]2)C[C@H]1O. The van der Waals surface area contributed by atoms with Crippen LogP contribution in [0.2, 0.25) is 0 Å². The van der Waals surface area contributed by atoms with Gasteiger partial charge in [0.2, 0.25) is 11.9 Å². The summed E-state index contributed by atoms with van der Waals surface area (Å²) in [6.07, 6.45) is 1.35. The van der Waals surface area contributed by atoms with Crippen molar-refractivity contribution in [3.05, 3.63) is 41.2 Å². The number of H-pyrrole nitrogens is 1. The zero-order valence-electron chi connectivity index (χ0n) is 15.6. The van der Waals surface area contributed by atoms with Crippen LogP contribution in [0.1, 0.15) is 35.7 Å². The van der Waals surface area contributed by atoms with E-state index >= 15 is 0 Å². The molecule has 0 spiro atoms. The molecule has 7 heteroatoms. The quantitative estimate of drug-likeness (QED) is 0.726. The Morgan fingerprint density at radius 1 is 1.35 bits per heavy atom. The van der Waals surface area contributed by atoms with Crippen molar-refractivity contribution in [3.63, 3.8) is 0 Å². The van der Waals surface area contributed by atoms with E-state index in [1.807, 2.05) is 50.2 Å². The van der Waals surface area contributed by atoms with Crippen LogP contribution in [0.15, 0.2) is 24.3 Å². The molecule has 0 saturated heterocycles. The number of aryl methyl sites for hydroxylation is 1. The standard InChI is InChI=1S/C19H27N5O2/c1-12-6-4-5-7-13(12)10-17(26)20-11-15-8-14(9-16(15)25)18-21-19(23-22-18)24(2)3/h4-7,14-16,25H,8-11H2,1-3H3,(H,20,26)(H,21,22,23)/t14-,15+,16+/m0/s1. The van der Waals surface area contributed by atoms with Gasteiger partial charge >= 0.3 is 0 Å². The number of aromatic nitrogens is 3. The zero-order valence-corrected chi connectivity index (χ0v) is 15.6. The Hall–Kier alpha value is -2.41. The molecule has 7 nitrogen and oxygen atoms in total. The van der Waals surface area contributed by atoms with Gasteiger partial charge in [0.25, 0.3) is 0 Å². The summed E-state index contributed by atoms with van der Waals surface area (Å²) in [6.45, 7) is 2.49. The number of nitrogens with one attached hydrogen (secondary N) is 2. The fourth-order valence-electron chi connectivity index (χ4n) is 3.48. The number of anilines is 1. The monoisotopic (exact) mass is 357 g/mol. The molecule has 1 amide bonds. The normalized spacial score (nSPS) is 22.4. The van der Waals surface area contributed by atoms with Gasteiger partial charge in [0.15, 0.2) is 0 Å². The van der Waals surface area contributed by atoms with Gasteiger partial charge in [0, 0.05) is 32.5 Å². The van der Waals surface area contributed by atoms with Crippen molar-refractivity contribution in [1.29, 1.82) is 0 Å². The number of aliphatic hydroxyl groups excluding tert-OH is 1. The largest absolute Gasteiger partial charge is 0.393 e. The van der Waals surface area contributed by atoms with E-state index in [-0.39, 0.29) is 17.7 Å². The van der Waals surface area contributed by atoms with Gasteiger partial charge in [-0.05, 0) is 30.9 Å². The highest BCUT2D eigenvalue weighted by Crippen LogP contribution is 2.37. The summed E-state index contributed by atoms with van der Waals surface area (Å²) in [6, 6.07) is 7.90. The number of hydrogen-bond donors (Lipinski definition) is 3. The Labute approximate surface area is 153 Å².